The molecule has 0 heterocycles. The maximum Gasteiger partial charge on any atom is 0.306 e. The molecule has 0 fully saturated rings. The lowest BCUT2D eigenvalue weighted by atomic mass is 10.1. The molecular weight excluding hydrogens is 211 g/mol. The topological polar surface area (TPSA) is 43.4 Å². The molecule has 0 N–H and O–H groups in total. The molecule has 0 bridgehead atoms. The molecule has 0 saturated carbocycles. The van der Waals surface area contributed by atoms with Crippen molar-refractivity contribution < 1.29 is 18.7 Å². The zero-order chi connectivity index (χ0) is 12.0. The van der Waals surface area contributed by atoms with Crippen LogP contribution in [0.25, 0.3) is 0 Å². The van der Waals surface area contributed by atoms with E-state index in [0.717, 1.165) is 6.07 Å². The number of halogens is 1. The van der Waals surface area contributed by atoms with Crippen LogP contribution in [0.4, 0.5) is 4.39 Å². The molecule has 0 aromatic heterocycles. The molecule has 3 nitrogen and oxygen atoms in total. The zero-order valence-corrected chi connectivity index (χ0v) is 9.03. The summed E-state index contributed by atoms with van der Waals surface area (Å²) in [5.74, 6) is -0.810. The minimum absolute atomic E-state index is 0.144. The normalized spacial score (nSPS) is 9.88. The van der Waals surface area contributed by atoms with Crippen LogP contribution >= 0.6 is 0 Å². The van der Waals surface area contributed by atoms with E-state index in [9.17, 15) is 14.0 Å². The molecule has 86 valence electrons. The molecular formula is C12H13FO3. The molecule has 0 spiro atoms. The number of carbonyl (C=O) groups excluding carboxylic acids is 2. The van der Waals surface area contributed by atoms with Crippen LogP contribution in [-0.2, 0) is 16.0 Å². The summed E-state index contributed by atoms with van der Waals surface area (Å²) in [6, 6.07) is 4.20. The fourth-order valence-electron chi connectivity index (χ4n) is 1.31. The first-order valence-electron chi connectivity index (χ1n) is 5.06. The summed E-state index contributed by atoms with van der Waals surface area (Å²) in [7, 11) is 0. The van der Waals surface area contributed by atoms with Crippen molar-refractivity contribution in [3.05, 3.63) is 35.1 Å². The van der Waals surface area contributed by atoms with E-state index >= 15 is 0 Å². The van der Waals surface area contributed by atoms with E-state index in [1.165, 1.54) is 12.1 Å². The fourth-order valence-corrected chi connectivity index (χ4v) is 1.31. The monoisotopic (exact) mass is 224 g/mol. The summed E-state index contributed by atoms with van der Waals surface area (Å²) < 4.78 is 18.1. The van der Waals surface area contributed by atoms with Crippen molar-refractivity contribution in [2.24, 2.45) is 0 Å². The van der Waals surface area contributed by atoms with E-state index in [-0.39, 0.29) is 24.4 Å². The van der Waals surface area contributed by atoms with Crippen LogP contribution in [-0.4, -0.2) is 18.9 Å². The summed E-state index contributed by atoms with van der Waals surface area (Å²) >= 11 is 0. The number of carbonyl (C=O) groups is 2. The molecule has 0 saturated heterocycles. The molecule has 1 aromatic carbocycles. The third kappa shape index (κ3) is 3.46. The van der Waals surface area contributed by atoms with Crippen molar-refractivity contribution in [1.29, 1.82) is 0 Å². The van der Waals surface area contributed by atoms with Gasteiger partial charge >= 0.3 is 5.97 Å². The van der Waals surface area contributed by atoms with Gasteiger partial charge in [-0.2, -0.15) is 0 Å². The van der Waals surface area contributed by atoms with Crippen molar-refractivity contribution in [1.82, 2.24) is 0 Å². The molecule has 4 heteroatoms. The molecule has 0 atom stereocenters. The van der Waals surface area contributed by atoms with Crippen LogP contribution in [0.15, 0.2) is 18.2 Å². The summed E-state index contributed by atoms with van der Waals surface area (Å²) in [5, 5.41) is 0. The van der Waals surface area contributed by atoms with E-state index in [1.807, 2.05) is 0 Å². The van der Waals surface area contributed by atoms with E-state index in [4.69, 9.17) is 4.74 Å². The highest BCUT2D eigenvalue weighted by Gasteiger charge is 2.07. The number of aryl methyl sites for hydroxylation is 1. The second-order valence-electron chi connectivity index (χ2n) is 3.27. The summed E-state index contributed by atoms with van der Waals surface area (Å²) in [6.45, 7) is 2.04. The van der Waals surface area contributed by atoms with Gasteiger partial charge in [-0.1, -0.05) is 12.1 Å². The molecule has 0 aliphatic carbocycles. The Morgan fingerprint density at radius 1 is 1.50 bits per heavy atom. The summed E-state index contributed by atoms with van der Waals surface area (Å²) in [5.41, 5.74) is 0.705. The van der Waals surface area contributed by atoms with E-state index in [2.05, 4.69) is 0 Å². The Morgan fingerprint density at radius 3 is 2.81 bits per heavy atom. The fraction of sp³-hybridized carbons (Fsp3) is 0.333. The van der Waals surface area contributed by atoms with Crippen LogP contribution in [0, 0.1) is 5.82 Å². The van der Waals surface area contributed by atoms with Gasteiger partial charge in [0.15, 0.2) is 0 Å². The average molecular weight is 224 g/mol. The molecule has 0 aliphatic rings. The third-order valence-corrected chi connectivity index (χ3v) is 2.12. The van der Waals surface area contributed by atoms with Gasteiger partial charge in [0.05, 0.1) is 6.61 Å². The Labute approximate surface area is 93.2 Å². The lowest BCUT2D eigenvalue weighted by molar-refractivity contribution is -0.143. The van der Waals surface area contributed by atoms with E-state index in [1.54, 1.807) is 6.92 Å². The van der Waals surface area contributed by atoms with Crippen molar-refractivity contribution in [2.75, 3.05) is 6.61 Å². The molecule has 16 heavy (non-hydrogen) atoms. The Bertz CT molecular complexity index is 388. The Balaban J connectivity index is 2.60. The van der Waals surface area contributed by atoms with Crippen molar-refractivity contribution >= 4 is 12.3 Å². The van der Waals surface area contributed by atoms with Crippen molar-refractivity contribution in [3.63, 3.8) is 0 Å². The lowest BCUT2D eigenvalue weighted by Crippen LogP contribution is -2.06. The first-order valence-corrected chi connectivity index (χ1v) is 5.06. The van der Waals surface area contributed by atoms with Gasteiger partial charge in [0.25, 0.3) is 0 Å². The van der Waals surface area contributed by atoms with E-state index < -0.39 is 5.82 Å². The number of ether oxygens (including phenoxy) is 1. The van der Waals surface area contributed by atoms with Gasteiger partial charge in [-0.3, -0.25) is 9.59 Å². The maximum absolute atomic E-state index is 13.4. The first kappa shape index (κ1) is 12.4. The molecule has 0 radical (unpaired) electrons. The Hall–Kier alpha value is -1.71. The summed E-state index contributed by atoms with van der Waals surface area (Å²) in [6.07, 6.45) is 1.01. The molecule has 0 amide bonds. The van der Waals surface area contributed by atoms with Gasteiger partial charge in [-0.15, -0.1) is 0 Å². The van der Waals surface area contributed by atoms with Gasteiger partial charge in [0.1, 0.15) is 12.1 Å². The highest BCUT2D eigenvalue weighted by molar-refractivity contribution is 5.75. The number of aldehydes is 1. The van der Waals surface area contributed by atoms with Crippen molar-refractivity contribution in [2.45, 2.75) is 19.8 Å². The number of esters is 1. The Morgan fingerprint density at radius 2 is 2.25 bits per heavy atom. The highest BCUT2D eigenvalue weighted by atomic mass is 19.1. The predicted octanol–water partition coefficient (Wildman–Crippen LogP) is 2.13. The van der Waals surface area contributed by atoms with Gasteiger partial charge in [0.2, 0.25) is 0 Å². The molecule has 1 aromatic rings. The second-order valence-corrected chi connectivity index (χ2v) is 3.27. The lowest BCUT2D eigenvalue weighted by Gasteiger charge is -2.03. The standard InChI is InChI=1S/C12H13FO3/c1-2-16-12(15)6-5-10-4-3-9(8-14)7-11(10)13/h3-4,7-8H,2,5-6H2,1H3. The second kappa shape index (κ2) is 6.00. The van der Waals surface area contributed by atoms with Gasteiger partial charge in [0, 0.05) is 12.0 Å². The quantitative estimate of drug-likeness (QED) is 0.568. The van der Waals surface area contributed by atoms with Gasteiger partial charge in [-0.25, -0.2) is 4.39 Å². The van der Waals surface area contributed by atoms with Crippen LogP contribution in [0.1, 0.15) is 29.3 Å². The predicted molar refractivity (Wildman–Crippen MR) is 56.7 cm³/mol. The van der Waals surface area contributed by atoms with Crippen LogP contribution in [0.3, 0.4) is 0 Å². The first-order chi connectivity index (χ1) is 7.67. The highest BCUT2D eigenvalue weighted by Crippen LogP contribution is 2.11. The number of hydrogen-bond acceptors (Lipinski definition) is 3. The maximum atomic E-state index is 13.4. The number of hydrogen-bond donors (Lipinski definition) is 0. The largest absolute Gasteiger partial charge is 0.466 e. The minimum atomic E-state index is -0.464. The van der Waals surface area contributed by atoms with Gasteiger partial charge in [-0.05, 0) is 25.0 Å². The van der Waals surface area contributed by atoms with E-state index in [0.29, 0.717) is 18.5 Å². The van der Waals surface area contributed by atoms with Crippen LogP contribution in [0.5, 0.6) is 0 Å². The van der Waals surface area contributed by atoms with Crippen LogP contribution in [0.2, 0.25) is 0 Å². The zero-order valence-electron chi connectivity index (χ0n) is 9.03. The van der Waals surface area contributed by atoms with Crippen molar-refractivity contribution in [3.8, 4) is 0 Å². The van der Waals surface area contributed by atoms with Gasteiger partial charge < -0.3 is 4.74 Å². The molecule has 1 rings (SSSR count). The Kier molecular flexibility index (Phi) is 4.64. The molecule has 0 aliphatic heterocycles. The molecule has 0 unspecified atom stereocenters. The minimum Gasteiger partial charge on any atom is -0.466 e. The smallest absolute Gasteiger partial charge is 0.306 e. The third-order valence-electron chi connectivity index (χ3n) is 2.12. The number of benzene rings is 1. The number of rotatable bonds is 5. The summed E-state index contributed by atoms with van der Waals surface area (Å²) in [4.78, 5) is 21.4. The SMILES string of the molecule is CCOC(=O)CCc1ccc(C=O)cc1F. The average Bonchev–Trinajstić information content (AvgIpc) is 2.27. The van der Waals surface area contributed by atoms with Crippen LogP contribution < -0.4 is 0 Å².